The van der Waals surface area contributed by atoms with E-state index >= 15 is 4.11 Å². The molecule has 0 aromatic carbocycles. The molecule has 0 aromatic rings. The number of halogens is 3. The molecule has 2 N–H and O–H groups in total. The van der Waals surface area contributed by atoms with E-state index in [0.29, 0.717) is 4.34 Å². The lowest BCUT2D eigenvalue weighted by Gasteiger charge is -2.52. The van der Waals surface area contributed by atoms with Gasteiger partial charge in [-0.2, -0.15) is 0 Å². The first-order chi connectivity index (χ1) is 7.90. The van der Waals surface area contributed by atoms with Gasteiger partial charge in [-0.3, -0.25) is 18.2 Å². The topological polar surface area (TPSA) is 29.3 Å². The summed E-state index contributed by atoms with van der Waals surface area (Å²) < 4.78 is 45.4. The minimum Gasteiger partial charge on any atom is -0.291 e. The van der Waals surface area contributed by atoms with Crippen LogP contribution in [-0.2, 0) is 0 Å². The number of hydrogen-bond donors (Lipinski definition) is 1. The van der Waals surface area contributed by atoms with Crippen molar-refractivity contribution in [1.29, 1.82) is 0 Å². The molecule has 0 saturated heterocycles. The quantitative estimate of drug-likeness (QED) is 0.341. The lowest BCUT2D eigenvalue weighted by molar-refractivity contribution is 0.324. The Morgan fingerprint density at radius 1 is 0.684 bits per heavy atom. The van der Waals surface area contributed by atoms with Crippen LogP contribution in [0.5, 0.6) is 0 Å². The fourth-order valence-corrected chi connectivity index (χ4v) is 11.4. The second-order valence-electron chi connectivity index (χ2n) is 8.28. The molecular formula is C12H29F3N2Si2. The molecule has 19 heavy (non-hydrogen) atoms. The Balaban J connectivity index is 5.97. The summed E-state index contributed by atoms with van der Waals surface area (Å²) in [5.41, 5.74) is 0. The fourth-order valence-electron chi connectivity index (χ4n) is 2.40. The Hall–Kier alpha value is 0.144. The van der Waals surface area contributed by atoms with E-state index in [-0.39, 0.29) is 0 Å². The largest absolute Gasteiger partial charge is 0.520 e. The highest BCUT2D eigenvalue weighted by Crippen LogP contribution is 2.56. The first kappa shape index (κ1) is 19.1. The predicted molar refractivity (Wildman–Crippen MR) is 80.0 cm³/mol. The van der Waals surface area contributed by atoms with E-state index in [9.17, 15) is 8.22 Å². The minimum absolute atomic E-state index is 0.403. The van der Waals surface area contributed by atoms with Crippen molar-refractivity contribution in [3.63, 3.8) is 0 Å². The number of hydrogen-bond acceptors (Lipinski definition) is 2. The monoisotopic (exact) mass is 314 g/mol. The average molecular weight is 315 g/mol. The van der Waals surface area contributed by atoms with Gasteiger partial charge >= 0.3 is 17.5 Å². The standard InChI is InChI=1S/C12H29F3N2Si2/c1-10(2,3)18(13,11(4,5)6)17(16)19(14,15)12(7,8)9/h16H2,1-9H3. The highest BCUT2D eigenvalue weighted by Gasteiger charge is 2.69. The first-order valence-electron chi connectivity index (χ1n) is 6.52. The van der Waals surface area contributed by atoms with Crippen LogP contribution in [0.4, 0.5) is 12.3 Å². The van der Waals surface area contributed by atoms with Crippen LogP contribution in [-0.4, -0.2) is 21.8 Å². The lowest BCUT2D eigenvalue weighted by atomic mass is 10.2. The summed E-state index contributed by atoms with van der Waals surface area (Å²) in [4.78, 5) is 0. The van der Waals surface area contributed by atoms with E-state index in [1.54, 1.807) is 41.5 Å². The lowest BCUT2D eigenvalue weighted by Crippen LogP contribution is -2.74. The zero-order valence-corrected chi connectivity index (χ0v) is 15.7. The molecule has 0 aliphatic rings. The van der Waals surface area contributed by atoms with Gasteiger partial charge in [0.25, 0.3) is 0 Å². The van der Waals surface area contributed by atoms with E-state index in [0.717, 1.165) is 0 Å². The van der Waals surface area contributed by atoms with Crippen molar-refractivity contribution >= 4 is 17.5 Å². The molecule has 0 atom stereocenters. The Bertz CT molecular complexity index is 313. The van der Waals surface area contributed by atoms with Gasteiger partial charge in [-0.1, -0.05) is 62.3 Å². The molecule has 0 fully saturated rings. The highest BCUT2D eigenvalue weighted by molar-refractivity contribution is 6.87. The maximum Gasteiger partial charge on any atom is 0.520 e. The van der Waals surface area contributed by atoms with E-state index < -0.39 is 32.6 Å². The van der Waals surface area contributed by atoms with E-state index in [1.807, 2.05) is 0 Å². The van der Waals surface area contributed by atoms with Gasteiger partial charge in [-0.25, -0.2) is 4.34 Å². The number of hydrazine groups is 1. The second-order valence-corrected chi connectivity index (χ2v) is 16.5. The molecule has 0 spiro atoms. The molecule has 0 aliphatic heterocycles. The molecule has 0 radical (unpaired) electrons. The summed E-state index contributed by atoms with van der Waals surface area (Å²) >= 11 is 0. The van der Waals surface area contributed by atoms with Gasteiger partial charge < -0.3 is 0 Å². The van der Waals surface area contributed by atoms with Crippen LogP contribution < -0.4 is 5.84 Å². The predicted octanol–water partition coefficient (Wildman–Crippen LogP) is 4.85. The molecular weight excluding hydrogens is 285 g/mol. The zero-order chi connectivity index (χ0) is 16.1. The van der Waals surface area contributed by atoms with Gasteiger partial charge in [-0.05, 0) is 0 Å². The summed E-state index contributed by atoms with van der Waals surface area (Å²) in [5.74, 6) is 5.72. The van der Waals surface area contributed by atoms with Crippen LogP contribution in [0, 0.1) is 0 Å². The van der Waals surface area contributed by atoms with Crippen LogP contribution in [0.3, 0.4) is 0 Å². The normalized spacial score (nSPS) is 16.1. The molecule has 0 unspecified atom stereocenters. The summed E-state index contributed by atoms with van der Waals surface area (Å²) in [6.45, 7) is 14.3. The van der Waals surface area contributed by atoms with Crippen molar-refractivity contribution in [2.75, 3.05) is 0 Å². The summed E-state index contributed by atoms with van der Waals surface area (Å²) in [5, 5.41) is -3.06. The van der Waals surface area contributed by atoms with Gasteiger partial charge in [0.2, 0.25) is 0 Å². The van der Waals surface area contributed by atoms with Crippen LogP contribution in [0.1, 0.15) is 62.3 Å². The second kappa shape index (κ2) is 4.85. The van der Waals surface area contributed by atoms with E-state index in [1.165, 1.54) is 20.8 Å². The molecule has 0 aromatic heterocycles. The van der Waals surface area contributed by atoms with E-state index in [2.05, 4.69) is 0 Å². The van der Waals surface area contributed by atoms with E-state index in [4.69, 9.17) is 5.84 Å². The van der Waals surface area contributed by atoms with Gasteiger partial charge in [0.05, 0.1) is 0 Å². The number of nitrogens with two attached hydrogens (primary N) is 1. The van der Waals surface area contributed by atoms with Crippen molar-refractivity contribution in [2.45, 2.75) is 77.4 Å². The Morgan fingerprint density at radius 3 is 1.11 bits per heavy atom. The van der Waals surface area contributed by atoms with Crippen molar-refractivity contribution < 1.29 is 12.3 Å². The summed E-state index contributed by atoms with van der Waals surface area (Å²) in [7, 11) is -9.14. The highest BCUT2D eigenvalue weighted by atomic mass is 28.5. The molecule has 0 rings (SSSR count). The van der Waals surface area contributed by atoms with Gasteiger partial charge in [0.15, 0.2) is 0 Å². The Labute approximate surface area is 118 Å². The molecule has 0 saturated carbocycles. The van der Waals surface area contributed by atoms with Crippen molar-refractivity contribution in [3.05, 3.63) is 0 Å². The Morgan fingerprint density at radius 2 is 0.947 bits per heavy atom. The van der Waals surface area contributed by atoms with Crippen molar-refractivity contribution in [3.8, 4) is 0 Å². The summed E-state index contributed by atoms with van der Waals surface area (Å²) in [6.07, 6.45) is 0. The van der Waals surface area contributed by atoms with Gasteiger partial charge in [0, 0.05) is 15.1 Å². The smallest absolute Gasteiger partial charge is 0.291 e. The number of rotatable bonds is 2. The van der Waals surface area contributed by atoms with Crippen LogP contribution in [0.15, 0.2) is 0 Å². The third-order valence-corrected chi connectivity index (χ3v) is 12.3. The molecule has 0 aliphatic carbocycles. The molecule has 116 valence electrons. The maximum absolute atomic E-state index is 15.7. The van der Waals surface area contributed by atoms with Crippen molar-refractivity contribution in [1.82, 2.24) is 4.34 Å². The maximum atomic E-state index is 15.7. The molecule has 2 nitrogen and oxygen atoms in total. The molecule has 0 heterocycles. The zero-order valence-electron chi connectivity index (χ0n) is 13.7. The minimum atomic E-state index is -5.07. The third kappa shape index (κ3) is 3.09. The first-order valence-corrected chi connectivity index (χ1v) is 10.1. The van der Waals surface area contributed by atoms with Crippen molar-refractivity contribution in [2.24, 2.45) is 5.84 Å². The average Bonchev–Trinajstić information content (AvgIpc) is 2.09. The van der Waals surface area contributed by atoms with Crippen LogP contribution >= 0.6 is 0 Å². The Kier molecular flexibility index (Phi) is 4.89. The number of nitrogens with zero attached hydrogens (tertiary/aromatic N) is 1. The van der Waals surface area contributed by atoms with Crippen LogP contribution in [0.25, 0.3) is 0 Å². The molecule has 0 amide bonds. The summed E-state index contributed by atoms with van der Waals surface area (Å²) in [6, 6.07) is 0. The molecule has 7 heteroatoms. The fraction of sp³-hybridized carbons (Fsp3) is 1.00. The van der Waals surface area contributed by atoms with Gasteiger partial charge in [0.1, 0.15) is 0 Å². The molecule has 0 bridgehead atoms. The van der Waals surface area contributed by atoms with Crippen LogP contribution in [0.2, 0.25) is 15.1 Å². The van der Waals surface area contributed by atoms with Gasteiger partial charge in [-0.15, -0.1) is 0 Å². The third-order valence-electron chi connectivity index (χ3n) is 3.52. The SMILES string of the molecule is CC(C)(C)[Si](F)(F)N(N)[Si](F)(C(C)(C)C)C(C)(C)C.